The van der Waals surface area contributed by atoms with Crippen molar-refractivity contribution in [3.05, 3.63) is 57.4 Å². The highest BCUT2D eigenvalue weighted by atomic mass is 35.5. The second-order valence-electron chi connectivity index (χ2n) is 8.56. The smallest absolute Gasteiger partial charge is 0.416 e. The molecule has 1 fully saturated rings. The van der Waals surface area contributed by atoms with Gasteiger partial charge in [0, 0.05) is 49.9 Å². The van der Waals surface area contributed by atoms with Gasteiger partial charge in [-0.3, -0.25) is 9.69 Å². The van der Waals surface area contributed by atoms with E-state index >= 15 is 4.39 Å². The van der Waals surface area contributed by atoms with Crippen LogP contribution in [0.5, 0.6) is 0 Å². The normalized spacial score (nSPS) is 14.9. The number of anilines is 1. The number of benzene rings is 2. The lowest BCUT2D eigenvalue weighted by Crippen LogP contribution is -2.48. The van der Waals surface area contributed by atoms with Gasteiger partial charge in [0.05, 0.1) is 27.5 Å². The van der Waals surface area contributed by atoms with Gasteiger partial charge in [0.25, 0.3) is 5.91 Å². The number of alkyl halides is 3. The van der Waals surface area contributed by atoms with E-state index in [0.717, 1.165) is 4.90 Å². The summed E-state index contributed by atoms with van der Waals surface area (Å²) in [7, 11) is -3.71. The maximum Gasteiger partial charge on any atom is 0.416 e. The molecule has 0 atom stereocenters. The summed E-state index contributed by atoms with van der Waals surface area (Å²) in [6.07, 6.45) is -6.19. The van der Waals surface area contributed by atoms with E-state index in [-0.39, 0.29) is 47.4 Å². The minimum Gasteiger partial charge on any atom is -0.465 e. The number of hydrogen-bond donors (Lipinski definition) is 3. The molecule has 208 valence electrons. The fraction of sp³-hybridized carbons (Fsp3) is 0.391. The van der Waals surface area contributed by atoms with E-state index in [4.69, 9.17) is 22.4 Å². The summed E-state index contributed by atoms with van der Waals surface area (Å²) in [5.74, 6) is -2.80. The van der Waals surface area contributed by atoms with Crippen LogP contribution in [-0.4, -0.2) is 67.3 Å². The molecule has 0 radical (unpaired) electrons. The molecule has 38 heavy (non-hydrogen) atoms. The molecular formula is C23H25ClF4N4O5S. The second-order valence-corrected chi connectivity index (χ2v) is 11.2. The Morgan fingerprint density at radius 2 is 1.79 bits per heavy atom. The molecule has 0 aromatic heterocycles. The molecular weight excluding hydrogens is 556 g/mol. The van der Waals surface area contributed by atoms with Gasteiger partial charge in [-0.05, 0) is 29.8 Å². The number of halogens is 5. The molecule has 2 aromatic rings. The summed E-state index contributed by atoms with van der Waals surface area (Å²) in [4.78, 5) is 26.3. The van der Waals surface area contributed by atoms with Gasteiger partial charge in [-0.15, -0.1) is 0 Å². The molecule has 0 spiro atoms. The number of nitrogens with zero attached hydrogens (tertiary/aromatic N) is 2. The Morgan fingerprint density at radius 1 is 1.16 bits per heavy atom. The minimum absolute atomic E-state index is 0.0352. The second kappa shape index (κ2) is 11.3. The lowest BCUT2D eigenvalue weighted by Gasteiger charge is -2.33. The Hall–Kier alpha value is -3.10. The number of carboxylic acid groups (broad SMARTS) is 1. The topological polar surface area (TPSA) is 133 Å². The van der Waals surface area contributed by atoms with Crippen molar-refractivity contribution in [2.45, 2.75) is 31.1 Å². The summed E-state index contributed by atoms with van der Waals surface area (Å²) in [5, 5.41) is 11.5. The lowest BCUT2D eigenvalue weighted by atomic mass is 9.99. The average Bonchev–Trinajstić information content (AvgIpc) is 2.85. The Labute approximate surface area is 221 Å². The first kappa shape index (κ1) is 29.5. The van der Waals surface area contributed by atoms with E-state index in [1.54, 1.807) is 0 Å². The average molecular weight is 581 g/mol. The Kier molecular flexibility index (Phi) is 8.79. The van der Waals surface area contributed by atoms with Crippen LogP contribution in [0, 0.1) is 5.82 Å². The molecule has 1 saturated heterocycles. The van der Waals surface area contributed by atoms with Gasteiger partial charge in [-0.1, -0.05) is 18.5 Å². The first-order chi connectivity index (χ1) is 17.7. The number of piperazine rings is 1. The van der Waals surface area contributed by atoms with Crippen LogP contribution in [0.3, 0.4) is 0 Å². The van der Waals surface area contributed by atoms with Crippen LogP contribution in [0.2, 0.25) is 5.02 Å². The van der Waals surface area contributed by atoms with Crippen LogP contribution in [-0.2, 0) is 29.1 Å². The minimum atomic E-state index is -5.03. The van der Waals surface area contributed by atoms with Crippen molar-refractivity contribution >= 4 is 39.1 Å². The van der Waals surface area contributed by atoms with Gasteiger partial charge in [-0.2, -0.15) is 13.2 Å². The fourth-order valence-corrected chi connectivity index (χ4v) is 5.35. The summed E-state index contributed by atoms with van der Waals surface area (Å²) < 4.78 is 81.7. The summed E-state index contributed by atoms with van der Waals surface area (Å²) in [6.45, 7) is 0.720. The van der Waals surface area contributed by atoms with Crippen molar-refractivity contribution in [3.63, 3.8) is 0 Å². The number of amides is 2. The third-order valence-electron chi connectivity index (χ3n) is 6.16. The SMILES string of the molecule is CCS(=O)(=O)c1ccc(Cl)cc1CNC(=O)c1cc(C(F)(F)F)c(CN2CCN(C(=O)O)CC2)c(F)c1N. The molecule has 2 aromatic carbocycles. The summed E-state index contributed by atoms with van der Waals surface area (Å²) >= 11 is 5.94. The number of carbonyl (C=O) groups excluding carboxylic acids is 1. The molecule has 4 N–H and O–H groups in total. The Morgan fingerprint density at radius 3 is 2.34 bits per heavy atom. The van der Waals surface area contributed by atoms with Crippen molar-refractivity contribution in [1.82, 2.24) is 15.1 Å². The van der Waals surface area contributed by atoms with Crippen LogP contribution in [0.4, 0.5) is 28.0 Å². The van der Waals surface area contributed by atoms with E-state index in [0.29, 0.717) is 6.07 Å². The number of sulfone groups is 1. The lowest BCUT2D eigenvalue weighted by molar-refractivity contribution is -0.138. The van der Waals surface area contributed by atoms with E-state index in [2.05, 4.69) is 5.32 Å². The largest absolute Gasteiger partial charge is 0.465 e. The number of rotatable bonds is 7. The van der Waals surface area contributed by atoms with Gasteiger partial charge < -0.3 is 21.1 Å². The van der Waals surface area contributed by atoms with E-state index in [9.17, 15) is 31.2 Å². The van der Waals surface area contributed by atoms with Gasteiger partial charge in [0.1, 0.15) is 0 Å². The van der Waals surface area contributed by atoms with Gasteiger partial charge >= 0.3 is 12.3 Å². The van der Waals surface area contributed by atoms with Gasteiger partial charge in [-0.25, -0.2) is 17.6 Å². The summed E-state index contributed by atoms with van der Waals surface area (Å²) in [6, 6.07) is 4.35. The Balaban J connectivity index is 1.90. The predicted octanol–water partition coefficient (Wildman–Crippen LogP) is 3.60. The third kappa shape index (κ3) is 6.48. The van der Waals surface area contributed by atoms with Crippen molar-refractivity contribution in [1.29, 1.82) is 0 Å². The zero-order valence-corrected chi connectivity index (χ0v) is 21.7. The number of carbonyl (C=O) groups is 2. The van der Waals surface area contributed by atoms with Gasteiger partial charge in [0.15, 0.2) is 15.7 Å². The van der Waals surface area contributed by atoms with Crippen molar-refractivity contribution in [2.75, 3.05) is 37.7 Å². The monoisotopic (exact) mass is 580 g/mol. The van der Waals surface area contributed by atoms with Crippen molar-refractivity contribution in [2.24, 2.45) is 0 Å². The molecule has 9 nitrogen and oxygen atoms in total. The van der Waals surface area contributed by atoms with Crippen LogP contribution >= 0.6 is 11.6 Å². The molecule has 1 aliphatic heterocycles. The number of hydrogen-bond acceptors (Lipinski definition) is 6. The predicted molar refractivity (Wildman–Crippen MR) is 131 cm³/mol. The first-order valence-corrected chi connectivity index (χ1v) is 13.4. The molecule has 0 bridgehead atoms. The zero-order chi connectivity index (χ0) is 28.4. The number of nitrogen functional groups attached to an aromatic ring is 1. The van der Waals surface area contributed by atoms with Crippen LogP contribution in [0.1, 0.15) is 34.0 Å². The van der Waals surface area contributed by atoms with Crippen LogP contribution in [0.15, 0.2) is 29.2 Å². The highest BCUT2D eigenvalue weighted by Gasteiger charge is 2.38. The molecule has 0 aliphatic carbocycles. The van der Waals surface area contributed by atoms with Crippen LogP contribution in [0.25, 0.3) is 0 Å². The molecule has 1 aliphatic rings. The number of nitrogens with two attached hydrogens (primary N) is 1. The maximum atomic E-state index is 15.2. The fourth-order valence-electron chi connectivity index (χ4n) is 4.04. The van der Waals surface area contributed by atoms with Crippen LogP contribution < -0.4 is 11.1 Å². The quantitative estimate of drug-likeness (QED) is 0.337. The Bertz CT molecular complexity index is 1350. The highest BCUT2D eigenvalue weighted by molar-refractivity contribution is 7.91. The highest BCUT2D eigenvalue weighted by Crippen LogP contribution is 2.37. The third-order valence-corrected chi connectivity index (χ3v) is 8.22. The van der Waals surface area contributed by atoms with E-state index < -0.39 is 69.3 Å². The molecule has 0 saturated carbocycles. The molecule has 1 heterocycles. The standard InChI is InChI=1S/C23H25ClF4N4O5S/c1-2-38(36,37)18-4-3-14(24)9-13(18)11-30-21(33)15-10-17(23(26,27)28)16(19(25)20(15)29)12-31-5-7-32(8-6-31)22(34)35/h3-4,9-10H,2,5-8,11-12,29H2,1H3,(H,30,33)(H,34,35). The first-order valence-electron chi connectivity index (χ1n) is 11.3. The molecule has 15 heteroatoms. The maximum absolute atomic E-state index is 15.2. The van der Waals surface area contributed by atoms with Crippen molar-refractivity contribution in [3.8, 4) is 0 Å². The molecule has 0 unspecified atom stereocenters. The van der Waals surface area contributed by atoms with Crippen molar-refractivity contribution < 1.29 is 40.7 Å². The number of nitrogens with one attached hydrogen (secondary N) is 1. The summed E-state index contributed by atoms with van der Waals surface area (Å²) in [5.41, 5.74) is 2.12. The van der Waals surface area contributed by atoms with Gasteiger partial charge in [0.2, 0.25) is 0 Å². The molecule has 2 amide bonds. The zero-order valence-electron chi connectivity index (χ0n) is 20.1. The molecule has 3 rings (SSSR count). The van der Waals surface area contributed by atoms with E-state index in [1.165, 1.54) is 30.0 Å². The van der Waals surface area contributed by atoms with E-state index in [1.807, 2.05) is 0 Å².